The summed E-state index contributed by atoms with van der Waals surface area (Å²) in [4.78, 5) is 46.8. The monoisotopic (exact) mass is 744 g/mol. The first-order valence-electron chi connectivity index (χ1n) is 18.1. The van der Waals surface area contributed by atoms with E-state index in [2.05, 4.69) is 17.9 Å². The Labute approximate surface area is 307 Å². The second kappa shape index (κ2) is 31.6. The number of carbonyl (C=O) groups is 4. The first-order valence-corrected chi connectivity index (χ1v) is 18.7. The average molecular weight is 745 g/mol. The highest BCUT2D eigenvalue weighted by Gasteiger charge is 2.25. The highest BCUT2D eigenvalue weighted by molar-refractivity contribution is 7.80. The zero-order valence-electron chi connectivity index (χ0n) is 30.0. The van der Waals surface area contributed by atoms with Crippen molar-refractivity contribution in [3.63, 3.8) is 0 Å². The number of benzene rings is 1. The Balaban J connectivity index is 2.04. The van der Waals surface area contributed by atoms with Crippen LogP contribution in [-0.4, -0.2) is 128 Å². The average Bonchev–Trinajstić information content (AvgIpc) is 3.09. The summed E-state index contributed by atoms with van der Waals surface area (Å²) in [5.74, 6) is -1.85. The molecule has 0 aliphatic heterocycles. The van der Waals surface area contributed by atoms with Crippen molar-refractivity contribution in [2.75, 3.05) is 78.2 Å². The van der Waals surface area contributed by atoms with Crippen LogP contribution >= 0.6 is 12.6 Å². The van der Waals surface area contributed by atoms with Crippen LogP contribution in [0.15, 0.2) is 24.3 Å². The van der Waals surface area contributed by atoms with Gasteiger partial charge >= 0.3 is 17.9 Å². The second-order valence-corrected chi connectivity index (χ2v) is 12.6. The molecular formula is C36H60N2O12S. The minimum Gasteiger partial charge on any atom is -0.491 e. The molecule has 0 saturated heterocycles. The summed E-state index contributed by atoms with van der Waals surface area (Å²) in [5.41, 5.74) is 0. The molecule has 0 aliphatic carbocycles. The summed E-state index contributed by atoms with van der Waals surface area (Å²) < 4.78 is 27.9. The third-order valence-electron chi connectivity index (χ3n) is 7.77. The molecule has 0 bridgehead atoms. The number of nitrogens with one attached hydrogen (secondary N) is 1. The molecule has 4 N–H and O–H groups in total. The van der Waals surface area contributed by atoms with Crippen LogP contribution in [0.25, 0.3) is 0 Å². The Morgan fingerprint density at radius 1 is 0.608 bits per heavy atom. The first-order chi connectivity index (χ1) is 24.7. The summed E-state index contributed by atoms with van der Waals surface area (Å²) in [7, 11) is 0. The van der Waals surface area contributed by atoms with Crippen molar-refractivity contribution in [1.29, 1.82) is 0 Å². The SMILES string of the molecule is O=C(O)CC(CCCCNC(=O)COc1ccc(OCCOCCOCCOCCCCCCCCCCCS)cc1)N(CC(=O)O)CC(=O)O. The number of rotatable bonds is 36. The van der Waals surface area contributed by atoms with Gasteiger partial charge in [0.05, 0.1) is 52.5 Å². The first kappa shape index (κ1) is 45.9. The van der Waals surface area contributed by atoms with E-state index in [0.29, 0.717) is 70.5 Å². The van der Waals surface area contributed by atoms with Gasteiger partial charge in [-0.25, -0.2) is 0 Å². The summed E-state index contributed by atoms with van der Waals surface area (Å²) in [6.45, 7) is 2.61. The lowest BCUT2D eigenvalue weighted by atomic mass is 10.0. The lowest BCUT2D eigenvalue weighted by Gasteiger charge is -2.28. The predicted molar refractivity (Wildman–Crippen MR) is 195 cm³/mol. The van der Waals surface area contributed by atoms with Crippen molar-refractivity contribution < 1.29 is 58.2 Å². The van der Waals surface area contributed by atoms with Crippen molar-refractivity contribution >= 4 is 36.4 Å². The van der Waals surface area contributed by atoms with E-state index < -0.39 is 37.0 Å². The van der Waals surface area contributed by atoms with Crippen LogP contribution in [0.4, 0.5) is 0 Å². The lowest BCUT2D eigenvalue weighted by molar-refractivity contribution is -0.146. The minimum atomic E-state index is -1.24. The topological polar surface area (TPSA) is 190 Å². The zero-order chi connectivity index (χ0) is 37.4. The fourth-order valence-electron chi connectivity index (χ4n) is 5.16. The van der Waals surface area contributed by atoms with Crippen molar-refractivity contribution in [3.05, 3.63) is 24.3 Å². The maximum atomic E-state index is 12.2. The van der Waals surface area contributed by atoms with Crippen molar-refractivity contribution in [2.24, 2.45) is 0 Å². The van der Waals surface area contributed by atoms with E-state index in [-0.39, 0.29) is 25.4 Å². The molecule has 1 aromatic rings. The Bertz CT molecular complexity index is 1050. The van der Waals surface area contributed by atoms with Crippen molar-refractivity contribution in [1.82, 2.24) is 10.2 Å². The minimum absolute atomic E-state index is 0.202. The molecule has 1 amide bonds. The number of carbonyl (C=O) groups excluding carboxylic acids is 1. The number of carboxylic acids is 3. The Kier molecular flexibility index (Phi) is 28.5. The molecule has 292 valence electrons. The summed E-state index contributed by atoms with van der Waals surface area (Å²) >= 11 is 4.24. The number of aliphatic carboxylic acids is 3. The van der Waals surface area contributed by atoms with Crippen LogP contribution in [0.5, 0.6) is 11.5 Å². The van der Waals surface area contributed by atoms with Gasteiger partial charge in [-0.15, -0.1) is 0 Å². The fraction of sp³-hybridized carbons (Fsp3) is 0.722. The molecule has 0 saturated carbocycles. The molecular weight excluding hydrogens is 684 g/mol. The summed E-state index contributed by atoms with van der Waals surface area (Å²) in [6.07, 6.45) is 12.3. The van der Waals surface area contributed by atoms with E-state index in [0.717, 1.165) is 23.7 Å². The molecule has 0 radical (unpaired) electrons. The molecule has 1 unspecified atom stereocenters. The quantitative estimate of drug-likeness (QED) is 0.0476. The molecule has 0 aromatic heterocycles. The van der Waals surface area contributed by atoms with Gasteiger partial charge in [0.1, 0.15) is 18.1 Å². The fourth-order valence-corrected chi connectivity index (χ4v) is 5.38. The van der Waals surface area contributed by atoms with Gasteiger partial charge in [0, 0.05) is 19.2 Å². The van der Waals surface area contributed by atoms with Gasteiger partial charge in [0.15, 0.2) is 6.61 Å². The normalized spacial score (nSPS) is 11.7. The lowest BCUT2D eigenvalue weighted by Crippen LogP contribution is -2.43. The van der Waals surface area contributed by atoms with Crippen LogP contribution in [-0.2, 0) is 33.4 Å². The largest absolute Gasteiger partial charge is 0.491 e. The summed E-state index contributed by atoms with van der Waals surface area (Å²) in [5, 5.41) is 30.0. The third-order valence-corrected chi connectivity index (χ3v) is 8.09. The van der Waals surface area contributed by atoms with Gasteiger partial charge < -0.3 is 44.3 Å². The predicted octanol–water partition coefficient (Wildman–Crippen LogP) is 4.54. The molecule has 0 heterocycles. The molecule has 14 nitrogen and oxygen atoms in total. The number of amides is 1. The van der Waals surface area contributed by atoms with Crippen LogP contribution in [0.3, 0.4) is 0 Å². The highest BCUT2D eigenvalue weighted by atomic mass is 32.1. The second-order valence-electron chi connectivity index (χ2n) is 12.1. The molecule has 1 rings (SSSR count). The van der Waals surface area contributed by atoms with Gasteiger partial charge in [-0.3, -0.25) is 24.1 Å². The van der Waals surface area contributed by atoms with Crippen LogP contribution in [0.1, 0.15) is 83.5 Å². The molecule has 15 heteroatoms. The number of ether oxygens (including phenoxy) is 5. The smallest absolute Gasteiger partial charge is 0.317 e. The van der Waals surface area contributed by atoms with Crippen LogP contribution < -0.4 is 14.8 Å². The summed E-state index contributed by atoms with van der Waals surface area (Å²) in [6, 6.07) is 6.09. The number of hydrogen-bond donors (Lipinski definition) is 5. The van der Waals surface area contributed by atoms with Crippen LogP contribution in [0, 0.1) is 0 Å². The Hall–Kier alpha value is -3.11. The van der Waals surface area contributed by atoms with E-state index in [1.165, 1.54) is 51.4 Å². The molecule has 51 heavy (non-hydrogen) atoms. The van der Waals surface area contributed by atoms with Gasteiger partial charge in [-0.2, -0.15) is 12.6 Å². The van der Waals surface area contributed by atoms with E-state index >= 15 is 0 Å². The number of thiol groups is 1. The van der Waals surface area contributed by atoms with Crippen LogP contribution in [0.2, 0.25) is 0 Å². The molecule has 0 spiro atoms. The van der Waals surface area contributed by atoms with E-state index in [4.69, 9.17) is 33.9 Å². The highest BCUT2D eigenvalue weighted by Crippen LogP contribution is 2.18. The van der Waals surface area contributed by atoms with Gasteiger partial charge in [-0.1, -0.05) is 51.4 Å². The molecule has 1 aromatic carbocycles. The van der Waals surface area contributed by atoms with Gasteiger partial charge in [0.25, 0.3) is 5.91 Å². The van der Waals surface area contributed by atoms with Gasteiger partial charge in [-0.05, 0) is 55.7 Å². The number of nitrogens with zero attached hydrogens (tertiary/aromatic N) is 1. The van der Waals surface area contributed by atoms with Crippen molar-refractivity contribution in [3.8, 4) is 11.5 Å². The maximum absolute atomic E-state index is 12.2. The molecule has 0 aliphatic rings. The molecule has 0 fully saturated rings. The van der Waals surface area contributed by atoms with E-state index in [9.17, 15) is 24.3 Å². The third kappa shape index (κ3) is 28.2. The molecule has 1 atom stereocenters. The standard InChI is InChI=1S/C36H60N2O12S/c39-33(37-17-9-8-12-30(26-34(40)41)38(27-35(42)43)28-36(44)45)29-50-32-15-13-31(14-16-32)49-24-23-48-22-21-47-20-19-46-18-10-6-4-2-1-3-5-7-11-25-51/h13-16,30,51H,1-12,17-29H2,(H,37,39)(H,40,41)(H,42,43)(H,44,45). The van der Waals surface area contributed by atoms with Gasteiger partial charge in [0.2, 0.25) is 0 Å². The van der Waals surface area contributed by atoms with Crippen molar-refractivity contribution in [2.45, 2.75) is 89.5 Å². The van der Waals surface area contributed by atoms with E-state index in [1.54, 1.807) is 24.3 Å². The number of carboxylic acid groups (broad SMARTS) is 3. The number of unbranched alkanes of at least 4 members (excludes halogenated alkanes) is 9. The Morgan fingerprint density at radius 2 is 1.10 bits per heavy atom. The number of hydrogen-bond acceptors (Lipinski definition) is 11. The zero-order valence-corrected chi connectivity index (χ0v) is 30.9. The Morgan fingerprint density at radius 3 is 1.63 bits per heavy atom. The van der Waals surface area contributed by atoms with E-state index in [1.807, 2.05) is 0 Å². The maximum Gasteiger partial charge on any atom is 0.317 e.